The number of methoxy groups -OCH3 is 2. The van der Waals surface area contributed by atoms with E-state index in [1.807, 2.05) is 13.8 Å². The van der Waals surface area contributed by atoms with Crippen LogP contribution in [-0.2, 0) is 0 Å². The lowest BCUT2D eigenvalue weighted by Gasteiger charge is -2.22. The molecule has 1 aromatic carbocycles. The number of aliphatic hydroxyl groups excluding tert-OH is 1. The highest BCUT2D eigenvalue weighted by Gasteiger charge is 2.20. The monoisotopic (exact) mass is 282 g/mol. The maximum atomic E-state index is 12.2. The number of benzene rings is 1. The smallest absolute Gasteiger partial charge is 0.253 e. The highest BCUT2D eigenvalue weighted by atomic mass is 16.5. The second-order valence-corrected chi connectivity index (χ2v) is 5.30. The molecule has 0 aliphatic rings. The van der Waals surface area contributed by atoms with Crippen LogP contribution in [0.5, 0.6) is 11.5 Å². The van der Waals surface area contributed by atoms with Crippen molar-refractivity contribution in [2.75, 3.05) is 33.1 Å². The van der Waals surface area contributed by atoms with Crippen LogP contribution < -0.4 is 20.5 Å². The van der Waals surface area contributed by atoms with Crippen molar-refractivity contribution in [3.63, 3.8) is 0 Å². The number of hydrogen-bond acceptors (Lipinski definition) is 5. The Hall–Kier alpha value is -1.95. The minimum Gasteiger partial charge on any atom is -0.497 e. The summed E-state index contributed by atoms with van der Waals surface area (Å²) in [5.74, 6) is 0.541. The summed E-state index contributed by atoms with van der Waals surface area (Å²) in [6.07, 6.45) is 0. The number of carbonyl (C=O) groups is 1. The van der Waals surface area contributed by atoms with Crippen LogP contribution in [0.3, 0.4) is 0 Å². The Bertz CT molecular complexity index is 486. The van der Waals surface area contributed by atoms with Crippen LogP contribution in [0.4, 0.5) is 5.69 Å². The molecule has 1 aromatic rings. The van der Waals surface area contributed by atoms with Gasteiger partial charge in [0.05, 0.1) is 25.5 Å². The van der Waals surface area contributed by atoms with E-state index >= 15 is 0 Å². The largest absolute Gasteiger partial charge is 0.497 e. The Morgan fingerprint density at radius 2 is 2.00 bits per heavy atom. The number of aliphatic hydroxyl groups is 1. The van der Waals surface area contributed by atoms with Gasteiger partial charge in [0.25, 0.3) is 5.91 Å². The first kappa shape index (κ1) is 16.1. The first-order valence-electron chi connectivity index (χ1n) is 6.25. The van der Waals surface area contributed by atoms with E-state index in [0.29, 0.717) is 18.0 Å². The zero-order chi connectivity index (χ0) is 15.3. The average Bonchev–Trinajstić information content (AvgIpc) is 2.45. The predicted octanol–water partition coefficient (Wildman–Crippen LogP) is 1.03. The van der Waals surface area contributed by atoms with Crippen molar-refractivity contribution in [1.82, 2.24) is 5.32 Å². The molecule has 0 atom stereocenters. The zero-order valence-electron chi connectivity index (χ0n) is 12.3. The number of carbonyl (C=O) groups excluding carboxylic acids is 1. The minimum atomic E-state index is -0.395. The number of nitrogens with one attached hydrogen (secondary N) is 1. The van der Waals surface area contributed by atoms with Crippen molar-refractivity contribution in [2.45, 2.75) is 13.8 Å². The van der Waals surface area contributed by atoms with Gasteiger partial charge in [-0.05, 0) is 6.07 Å². The van der Waals surface area contributed by atoms with Crippen LogP contribution in [-0.4, -0.2) is 38.4 Å². The van der Waals surface area contributed by atoms with Crippen molar-refractivity contribution in [2.24, 2.45) is 5.41 Å². The number of nitrogen functional groups attached to an aromatic ring is 1. The molecule has 1 amide bonds. The Morgan fingerprint density at radius 1 is 1.35 bits per heavy atom. The van der Waals surface area contributed by atoms with Crippen LogP contribution >= 0.6 is 0 Å². The van der Waals surface area contributed by atoms with Gasteiger partial charge in [-0.1, -0.05) is 13.8 Å². The predicted molar refractivity (Wildman–Crippen MR) is 77.2 cm³/mol. The summed E-state index contributed by atoms with van der Waals surface area (Å²) in [5.41, 5.74) is 6.05. The maximum absolute atomic E-state index is 12.2. The van der Waals surface area contributed by atoms with E-state index in [1.165, 1.54) is 14.2 Å². The van der Waals surface area contributed by atoms with Crippen LogP contribution in [0.15, 0.2) is 12.1 Å². The lowest BCUT2D eigenvalue weighted by Crippen LogP contribution is -2.36. The fourth-order valence-electron chi connectivity index (χ4n) is 1.55. The van der Waals surface area contributed by atoms with Gasteiger partial charge in [-0.25, -0.2) is 0 Å². The van der Waals surface area contributed by atoms with Gasteiger partial charge in [0.15, 0.2) is 0 Å². The molecule has 20 heavy (non-hydrogen) atoms. The number of anilines is 1. The molecule has 0 fully saturated rings. The van der Waals surface area contributed by atoms with Gasteiger partial charge >= 0.3 is 0 Å². The molecule has 4 N–H and O–H groups in total. The molecular weight excluding hydrogens is 260 g/mol. The second kappa shape index (κ2) is 6.47. The molecule has 0 saturated carbocycles. The lowest BCUT2D eigenvalue weighted by atomic mass is 9.95. The van der Waals surface area contributed by atoms with Gasteiger partial charge in [-0.3, -0.25) is 4.79 Å². The van der Waals surface area contributed by atoms with Crippen molar-refractivity contribution < 1.29 is 19.4 Å². The molecule has 0 unspecified atom stereocenters. The maximum Gasteiger partial charge on any atom is 0.253 e. The average molecular weight is 282 g/mol. The molecule has 112 valence electrons. The van der Waals surface area contributed by atoms with Crippen LogP contribution in [0.25, 0.3) is 0 Å². The van der Waals surface area contributed by atoms with E-state index < -0.39 is 5.41 Å². The van der Waals surface area contributed by atoms with E-state index in [1.54, 1.807) is 12.1 Å². The third kappa shape index (κ3) is 3.77. The molecular formula is C14H22N2O4. The van der Waals surface area contributed by atoms with E-state index in [2.05, 4.69) is 5.32 Å². The first-order valence-corrected chi connectivity index (χ1v) is 6.25. The van der Waals surface area contributed by atoms with Gasteiger partial charge in [-0.15, -0.1) is 0 Å². The van der Waals surface area contributed by atoms with Crippen molar-refractivity contribution in [3.8, 4) is 11.5 Å². The second-order valence-electron chi connectivity index (χ2n) is 5.30. The van der Waals surface area contributed by atoms with Crippen LogP contribution in [0, 0.1) is 5.41 Å². The molecule has 6 nitrogen and oxygen atoms in total. The molecule has 6 heteroatoms. The van der Waals surface area contributed by atoms with Gasteiger partial charge < -0.3 is 25.6 Å². The van der Waals surface area contributed by atoms with Crippen molar-refractivity contribution in [3.05, 3.63) is 17.7 Å². The molecule has 0 aromatic heterocycles. The molecule has 1 rings (SSSR count). The third-order valence-corrected chi connectivity index (χ3v) is 2.97. The number of nitrogens with two attached hydrogens (primary N) is 1. The highest BCUT2D eigenvalue weighted by Crippen LogP contribution is 2.31. The molecule has 0 aliphatic heterocycles. The highest BCUT2D eigenvalue weighted by molar-refractivity contribution is 6.01. The normalized spacial score (nSPS) is 11.1. The summed E-state index contributed by atoms with van der Waals surface area (Å²) in [4.78, 5) is 12.2. The molecule has 0 radical (unpaired) electrons. The topological polar surface area (TPSA) is 93.8 Å². The van der Waals surface area contributed by atoms with Crippen LogP contribution in [0.2, 0.25) is 0 Å². The summed E-state index contributed by atoms with van der Waals surface area (Å²) in [5, 5.41) is 11.9. The van der Waals surface area contributed by atoms with E-state index in [-0.39, 0.29) is 23.8 Å². The quantitative estimate of drug-likeness (QED) is 0.678. The fourth-order valence-corrected chi connectivity index (χ4v) is 1.55. The molecule has 0 saturated heterocycles. The Morgan fingerprint density at radius 3 is 2.50 bits per heavy atom. The zero-order valence-corrected chi connectivity index (χ0v) is 12.3. The Balaban J connectivity index is 2.97. The van der Waals surface area contributed by atoms with E-state index in [0.717, 1.165) is 0 Å². The number of hydrogen-bond donors (Lipinski definition) is 3. The summed E-state index contributed by atoms with van der Waals surface area (Å²) in [7, 11) is 2.98. The summed E-state index contributed by atoms with van der Waals surface area (Å²) >= 11 is 0. The lowest BCUT2D eigenvalue weighted by molar-refractivity contribution is 0.0911. The molecule has 0 bridgehead atoms. The number of ether oxygens (including phenoxy) is 2. The van der Waals surface area contributed by atoms with Gasteiger partial charge in [0, 0.05) is 24.6 Å². The number of rotatable bonds is 6. The van der Waals surface area contributed by atoms with Gasteiger partial charge in [-0.2, -0.15) is 0 Å². The van der Waals surface area contributed by atoms with Gasteiger partial charge in [0.1, 0.15) is 11.5 Å². The van der Waals surface area contributed by atoms with Crippen molar-refractivity contribution >= 4 is 11.6 Å². The summed E-state index contributed by atoms with van der Waals surface area (Å²) < 4.78 is 10.2. The Labute approximate surface area is 118 Å². The Kier molecular flexibility index (Phi) is 5.21. The van der Waals surface area contributed by atoms with E-state index in [4.69, 9.17) is 15.2 Å². The van der Waals surface area contributed by atoms with E-state index in [9.17, 15) is 9.90 Å². The SMILES string of the molecule is COc1cc(OC)c(N)c(C(=O)NCC(C)(C)CO)c1. The summed E-state index contributed by atoms with van der Waals surface area (Å²) in [6, 6.07) is 3.17. The minimum absolute atomic E-state index is 0.0236. The molecule has 0 heterocycles. The van der Waals surface area contributed by atoms with Gasteiger partial charge in [0.2, 0.25) is 0 Å². The summed E-state index contributed by atoms with van der Waals surface area (Å²) in [6.45, 7) is 4.01. The molecule has 0 spiro atoms. The third-order valence-electron chi connectivity index (χ3n) is 2.97. The van der Waals surface area contributed by atoms with Crippen LogP contribution in [0.1, 0.15) is 24.2 Å². The standard InChI is InChI=1S/C14H22N2O4/c1-14(2,8-17)7-16-13(18)10-5-9(19-3)6-11(20-4)12(10)15/h5-6,17H,7-8,15H2,1-4H3,(H,16,18). The number of amides is 1. The van der Waals surface area contributed by atoms with Crippen molar-refractivity contribution in [1.29, 1.82) is 0 Å². The fraction of sp³-hybridized carbons (Fsp3) is 0.500. The first-order chi connectivity index (χ1) is 9.34. The molecule has 0 aliphatic carbocycles.